The third-order valence-corrected chi connectivity index (χ3v) is 1.39. The average molecular weight is 155 g/mol. The first-order chi connectivity index (χ1) is 5.33. The number of likely N-dealkylation sites (N-methyl/N-ethyl adjacent to an activating group) is 1. The summed E-state index contributed by atoms with van der Waals surface area (Å²) in [6.07, 6.45) is 3.66. The van der Waals surface area contributed by atoms with Crippen LogP contribution in [0.2, 0.25) is 0 Å². The molecule has 0 saturated carbocycles. The predicted octanol–water partition coefficient (Wildman–Crippen LogP) is -0.00500. The Kier molecular flexibility index (Phi) is 3.07. The molecule has 0 aliphatic carbocycles. The molecular weight excluding hydrogens is 142 g/mol. The van der Waals surface area contributed by atoms with Crippen molar-refractivity contribution in [1.82, 2.24) is 10.4 Å². The van der Waals surface area contributed by atoms with Gasteiger partial charge in [-0.3, -0.25) is 20.2 Å². The maximum Gasteiger partial charge on any atom is 0.0909 e. The van der Waals surface area contributed by atoms with E-state index in [2.05, 4.69) is 20.2 Å². The second-order valence-corrected chi connectivity index (χ2v) is 2.51. The minimum Gasteiger partial charge on any atom is -0.283 e. The third-order valence-electron chi connectivity index (χ3n) is 1.39. The zero-order chi connectivity index (χ0) is 8.10. The molecule has 0 atom stereocenters. The molecule has 0 aromatic heterocycles. The Hall–Kier alpha value is -0.870. The van der Waals surface area contributed by atoms with Gasteiger partial charge in [-0.1, -0.05) is 0 Å². The van der Waals surface area contributed by atoms with E-state index in [1.54, 1.807) is 13.3 Å². The van der Waals surface area contributed by atoms with Gasteiger partial charge in [0.15, 0.2) is 0 Å². The quantitative estimate of drug-likeness (QED) is 0.570. The van der Waals surface area contributed by atoms with Gasteiger partial charge in [0.25, 0.3) is 0 Å². The van der Waals surface area contributed by atoms with E-state index in [-0.39, 0.29) is 0 Å². The van der Waals surface area contributed by atoms with E-state index < -0.39 is 0 Å². The fraction of sp³-hybridized carbons (Fsp3) is 0.571. The van der Waals surface area contributed by atoms with E-state index in [4.69, 9.17) is 0 Å². The van der Waals surface area contributed by atoms with Crippen LogP contribution < -0.4 is 5.48 Å². The van der Waals surface area contributed by atoms with Crippen molar-refractivity contribution in [2.75, 3.05) is 27.4 Å². The van der Waals surface area contributed by atoms with Crippen LogP contribution >= 0.6 is 0 Å². The molecule has 11 heavy (non-hydrogen) atoms. The highest BCUT2D eigenvalue weighted by molar-refractivity contribution is 5.79. The van der Waals surface area contributed by atoms with Gasteiger partial charge < -0.3 is 0 Å². The van der Waals surface area contributed by atoms with Crippen molar-refractivity contribution >= 4 is 6.21 Å². The Balaban J connectivity index is 2.45. The molecule has 1 rings (SSSR count). The Bertz CT molecular complexity index is 177. The molecule has 0 saturated heterocycles. The number of hydrogen-bond acceptors (Lipinski definition) is 4. The molecule has 0 fully saturated rings. The molecule has 0 unspecified atom stereocenters. The second-order valence-electron chi connectivity index (χ2n) is 2.51. The van der Waals surface area contributed by atoms with E-state index in [0.717, 1.165) is 18.8 Å². The SMILES string of the molecule is CON/C=C1/C=NCN(C)C1. The molecule has 0 spiro atoms. The van der Waals surface area contributed by atoms with Gasteiger partial charge in [0, 0.05) is 24.5 Å². The maximum atomic E-state index is 4.67. The summed E-state index contributed by atoms with van der Waals surface area (Å²) >= 11 is 0. The summed E-state index contributed by atoms with van der Waals surface area (Å²) in [6, 6.07) is 0. The first-order valence-corrected chi connectivity index (χ1v) is 3.49. The summed E-state index contributed by atoms with van der Waals surface area (Å²) in [5, 5.41) is 0. The molecule has 0 bridgehead atoms. The monoisotopic (exact) mass is 155 g/mol. The lowest BCUT2D eigenvalue weighted by molar-refractivity contribution is 0.127. The number of nitrogens with zero attached hydrogens (tertiary/aromatic N) is 2. The predicted molar refractivity (Wildman–Crippen MR) is 44.2 cm³/mol. The number of hydrogen-bond donors (Lipinski definition) is 1. The topological polar surface area (TPSA) is 36.9 Å². The Labute approximate surface area is 66.5 Å². The van der Waals surface area contributed by atoms with Crippen LogP contribution in [0.3, 0.4) is 0 Å². The van der Waals surface area contributed by atoms with Crippen LogP contribution in [-0.2, 0) is 4.84 Å². The molecule has 1 aliphatic heterocycles. The number of rotatable bonds is 2. The van der Waals surface area contributed by atoms with Crippen molar-refractivity contribution in [3.8, 4) is 0 Å². The Morgan fingerprint density at radius 2 is 2.64 bits per heavy atom. The van der Waals surface area contributed by atoms with Crippen molar-refractivity contribution in [2.45, 2.75) is 0 Å². The van der Waals surface area contributed by atoms with Crippen LogP contribution in [0.25, 0.3) is 0 Å². The molecule has 0 aromatic carbocycles. The van der Waals surface area contributed by atoms with Crippen LogP contribution in [-0.4, -0.2) is 38.5 Å². The summed E-state index contributed by atoms with van der Waals surface area (Å²) in [4.78, 5) is 10.9. The molecular formula is C7H13N3O. The van der Waals surface area contributed by atoms with Gasteiger partial charge >= 0.3 is 0 Å². The van der Waals surface area contributed by atoms with E-state index in [1.165, 1.54) is 0 Å². The molecule has 62 valence electrons. The number of nitrogens with one attached hydrogen (secondary N) is 1. The molecule has 1 aliphatic rings. The minimum atomic E-state index is 0.782. The van der Waals surface area contributed by atoms with Crippen molar-refractivity contribution in [2.24, 2.45) is 4.99 Å². The largest absolute Gasteiger partial charge is 0.283 e. The highest BCUT2D eigenvalue weighted by Crippen LogP contribution is 1.99. The first kappa shape index (κ1) is 8.23. The molecule has 0 radical (unpaired) electrons. The lowest BCUT2D eigenvalue weighted by Crippen LogP contribution is -2.26. The standard InChI is InChI=1S/C7H13N3O/c1-10-5-7(3-8-6-10)4-9-11-2/h3-4,9H,5-6H2,1-2H3/b7-4-. The Morgan fingerprint density at radius 1 is 1.82 bits per heavy atom. The van der Waals surface area contributed by atoms with Gasteiger partial charge in [-0.25, -0.2) is 0 Å². The fourth-order valence-electron chi connectivity index (χ4n) is 0.917. The fourth-order valence-corrected chi connectivity index (χ4v) is 0.917. The second kappa shape index (κ2) is 4.10. The minimum absolute atomic E-state index is 0.782. The first-order valence-electron chi connectivity index (χ1n) is 3.49. The number of hydroxylamine groups is 1. The Morgan fingerprint density at radius 3 is 3.27 bits per heavy atom. The van der Waals surface area contributed by atoms with Crippen LogP contribution in [0, 0.1) is 0 Å². The van der Waals surface area contributed by atoms with Crippen molar-refractivity contribution in [1.29, 1.82) is 0 Å². The summed E-state index contributed by atoms with van der Waals surface area (Å²) in [7, 11) is 3.61. The zero-order valence-corrected chi connectivity index (χ0v) is 6.87. The van der Waals surface area contributed by atoms with Crippen LogP contribution in [0.1, 0.15) is 0 Å². The van der Waals surface area contributed by atoms with Crippen molar-refractivity contribution < 1.29 is 4.84 Å². The van der Waals surface area contributed by atoms with E-state index in [9.17, 15) is 0 Å². The van der Waals surface area contributed by atoms with Gasteiger partial charge in [0.2, 0.25) is 0 Å². The van der Waals surface area contributed by atoms with Crippen molar-refractivity contribution in [3.05, 3.63) is 11.8 Å². The van der Waals surface area contributed by atoms with E-state index >= 15 is 0 Å². The molecule has 1 heterocycles. The molecule has 0 amide bonds. The van der Waals surface area contributed by atoms with Crippen LogP contribution in [0.4, 0.5) is 0 Å². The van der Waals surface area contributed by atoms with Gasteiger partial charge in [-0.05, 0) is 7.05 Å². The normalized spacial score (nSPS) is 22.5. The molecule has 4 nitrogen and oxygen atoms in total. The highest BCUT2D eigenvalue weighted by atomic mass is 16.6. The molecule has 0 aromatic rings. The molecule has 1 N–H and O–H groups in total. The van der Waals surface area contributed by atoms with E-state index in [0.29, 0.717) is 0 Å². The third kappa shape index (κ3) is 2.69. The lowest BCUT2D eigenvalue weighted by Gasteiger charge is -2.18. The van der Waals surface area contributed by atoms with Crippen LogP contribution in [0.5, 0.6) is 0 Å². The highest BCUT2D eigenvalue weighted by Gasteiger charge is 2.04. The molecule has 4 heteroatoms. The smallest absolute Gasteiger partial charge is 0.0909 e. The van der Waals surface area contributed by atoms with E-state index in [1.807, 2.05) is 13.3 Å². The average Bonchev–Trinajstić information content (AvgIpc) is 2.01. The van der Waals surface area contributed by atoms with Crippen LogP contribution in [0.15, 0.2) is 16.8 Å². The van der Waals surface area contributed by atoms with Gasteiger partial charge in [0.1, 0.15) is 0 Å². The van der Waals surface area contributed by atoms with Gasteiger partial charge in [-0.2, -0.15) is 0 Å². The summed E-state index contributed by atoms with van der Waals surface area (Å²) in [5.41, 5.74) is 3.78. The zero-order valence-electron chi connectivity index (χ0n) is 6.87. The van der Waals surface area contributed by atoms with Gasteiger partial charge in [-0.15, -0.1) is 0 Å². The summed E-state index contributed by atoms with van der Waals surface area (Å²) in [5.74, 6) is 0. The van der Waals surface area contributed by atoms with Gasteiger partial charge in [0.05, 0.1) is 13.8 Å². The van der Waals surface area contributed by atoms with Crippen molar-refractivity contribution in [3.63, 3.8) is 0 Å². The summed E-state index contributed by atoms with van der Waals surface area (Å²) in [6.45, 7) is 1.70. The maximum absolute atomic E-state index is 4.67. The summed E-state index contributed by atoms with van der Waals surface area (Å²) < 4.78 is 0. The lowest BCUT2D eigenvalue weighted by atomic mass is 10.3. The number of aliphatic imine (C=N–C) groups is 1.